The van der Waals surface area contributed by atoms with Gasteiger partial charge in [0, 0.05) is 24.6 Å². The maximum Gasteiger partial charge on any atom is 0.193 e. The Bertz CT molecular complexity index is 588. The second-order valence-electron chi connectivity index (χ2n) is 4.81. The number of aryl methyl sites for hydroxylation is 2. The summed E-state index contributed by atoms with van der Waals surface area (Å²) in [4.78, 5) is 8.42. The standard InChI is InChI=1S/C16H20N4/c1-12-3-5-15(6-4-12)20-16(17)19-10-8-14-7-9-18-11-13(14)2/h3-7,9,11H,8,10H2,1-2H3,(H3,17,19,20). The van der Waals surface area contributed by atoms with Gasteiger partial charge in [0.05, 0.1) is 0 Å². The van der Waals surface area contributed by atoms with Gasteiger partial charge in [-0.3, -0.25) is 9.98 Å². The third-order valence-electron chi connectivity index (χ3n) is 3.12. The van der Waals surface area contributed by atoms with Gasteiger partial charge in [0.25, 0.3) is 0 Å². The predicted octanol–water partition coefficient (Wildman–Crippen LogP) is 2.67. The lowest BCUT2D eigenvalue weighted by atomic mass is 10.1. The van der Waals surface area contributed by atoms with E-state index in [0.717, 1.165) is 12.1 Å². The summed E-state index contributed by atoms with van der Waals surface area (Å²) in [6, 6.07) is 10.1. The van der Waals surface area contributed by atoms with E-state index in [-0.39, 0.29) is 0 Å². The van der Waals surface area contributed by atoms with E-state index in [1.165, 1.54) is 16.7 Å². The zero-order valence-electron chi connectivity index (χ0n) is 11.9. The van der Waals surface area contributed by atoms with Crippen molar-refractivity contribution < 1.29 is 0 Å². The summed E-state index contributed by atoms with van der Waals surface area (Å²) in [5.41, 5.74) is 10.5. The first-order chi connectivity index (χ1) is 9.65. The van der Waals surface area contributed by atoms with Crippen LogP contribution in [-0.4, -0.2) is 17.5 Å². The molecule has 0 aliphatic rings. The van der Waals surface area contributed by atoms with Crippen LogP contribution in [0.15, 0.2) is 47.7 Å². The highest BCUT2D eigenvalue weighted by Crippen LogP contribution is 2.08. The highest BCUT2D eigenvalue weighted by molar-refractivity contribution is 5.92. The number of nitrogens with zero attached hydrogens (tertiary/aromatic N) is 2. The number of rotatable bonds is 4. The number of nitrogens with one attached hydrogen (secondary N) is 1. The third-order valence-corrected chi connectivity index (χ3v) is 3.12. The molecule has 0 spiro atoms. The van der Waals surface area contributed by atoms with Crippen LogP contribution in [0.5, 0.6) is 0 Å². The number of anilines is 1. The monoisotopic (exact) mass is 268 g/mol. The fraction of sp³-hybridized carbons (Fsp3) is 0.250. The van der Waals surface area contributed by atoms with Crippen LogP contribution in [0.3, 0.4) is 0 Å². The minimum absolute atomic E-state index is 0.445. The third kappa shape index (κ3) is 4.09. The molecule has 1 heterocycles. The summed E-state index contributed by atoms with van der Waals surface area (Å²) in [7, 11) is 0. The number of aromatic nitrogens is 1. The van der Waals surface area contributed by atoms with Crippen LogP contribution < -0.4 is 11.1 Å². The molecule has 0 amide bonds. The zero-order valence-corrected chi connectivity index (χ0v) is 11.9. The maximum atomic E-state index is 5.87. The van der Waals surface area contributed by atoms with E-state index in [1.54, 1.807) is 6.20 Å². The average molecular weight is 268 g/mol. The summed E-state index contributed by atoms with van der Waals surface area (Å²) < 4.78 is 0. The van der Waals surface area contributed by atoms with Crippen LogP contribution in [0, 0.1) is 13.8 Å². The van der Waals surface area contributed by atoms with Gasteiger partial charge in [0.1, 0.15) is 0 Å². The van der Waals surface area contributed by atoms with Crippen molar-refractivity contribution in [1.29, 1.82) is 0 Å². The molecule has 0 bridgehead atoms. The van der Waals surface area contributed by atoms with Crippen molar-refractivity contribution in [3.05, 3.63) is 59.4 Å². The Morgan fingerprint density at radius 2 is 1.95 bits per heavy atom. The van der Waals surface area contributed by atoms with Crippen molar-refractivity contribution in [3.63, 3.8) is 0 Å². The fourth-order valence-corrected chi connectivity index (χ4v) is 1.90. The van der Waals surface area contributed by atoms with E-state index in [4.69, 9.17) is 5.73 Å². The van der Waals surface area contributed by atoms with Crippen molar-refractivity contribution in [1.82, 2.24) is 4.98 Å². The molecule has 0 saturated heterocycles. The molecule has 0 radical (unpaired) electrons. The second kappa shape index (κ2) is 6.70. The summed E-state index contributed by atoms with van der Waals surface area (Å²) in [5.74, 6) is 0.445. The minimum atomic E-state index is 0.445. The van der Waals surface area contributed by atoms with Crippen molar-refractivity contribution in [3.8, 4) is 0 Å². The van der Waals surface area contributed by atoms with Gasteiger partial charge in [-0.15, -0.1) is 0 Å². The van der Waals surface area contributed by atoms with Crippen molar-refractivity contribution >= 4 is 11.6 Å². The molecule has 0 aliphatic heterocycles. The highest BCUT2D eigenvalue weighted by atomic mass is 15.1. The van der Waals surface area contributed by atoms with Crippen LogP contribution in [-0.2, 0) is 6.42 Å². The Labute approximate surface area is 119 Å². The average Bonchev–Trinajstić information content (AvgIpc) is 2.43. The zero-order chi connectivity index (χ0) is 14.4. The van der Waals surface area contributed by atoms with Crippen LogP contribution in [0.2, 0.25) is 0 Å². The molecule has 104 valence electrons. The van der Waals surface area contributed by atoms with Gasteiger partial charge in [0.2, 0.25) is 0 Å². The summed E-state index contributed by atoms with van der Waals surface area (Å²) >= 11 is 0. The predicted molar refractivity (Wildman–Crippen MR) is 84.0 cm³/mol. The topological polar surface area (TPSA) is 63.3 Å². The quantitative estimate of drug-likeness (QED) is 0.662. The fourth-order valence-electron chi connectivity index (χ4n) is 1.90. The van der Waals surface area contributed by atoms with Crippen LogP contribution in [0.1, 0.15) is 16.7 Å². The van der Waals surface area contributed by atoms with Crippen molar-refractivity contribution in [2.45, 2.75) is 20.3 Å². The highest BCUT2D eigenvalue weighted by Gasteiger charge is 1.98. The van der Waals surface area contributed by atoms with Gasteiger partial charge in [-0.05, 0) is 49.6 Å². The van der Waals surface area contributed by atoms with E-state index in [0.29, 0.717) is 12.5 Å². The Hall–Kier alpha value is -2.36. The molecule has 1 aromatic carbocycles. The molecule has 0 fully saturated rings. The summed E-state index contributed by atoms with van der Waals surface area (Å²) in [5, 5.41) is 3.09. The van der Waals surface area contributed by atoms with Crippen LogP contribution in [0.4, 0.5) is 5.69 Å². The van der Waals surface area contributed by atoms with Gasteiger partial charge in [0.15, 0.2) is 5.96 Å². The smallest absolute Gasteiger partial charge is 0.193 e. The molecule has 2 rings (SSSR count). The molecule has 1 aromatic heterocycles. The maximum absolute atomic E-state index is 5.87. The van der Waals surface area contributed by atoms with Gasteiger partial charge >= 0.3 is 0 Å². The number of nitrogens with two attached hydrogens (primary N) is 1. The number of guanidine groups is 1. The number of pyridine rings is 1. The Morgan fingerprint density at radius 3 is 2.65 bits per heavy atom. The summed E-state index contributed by atoms with van der Waals surface area (Å²) in [6.07, 6.45) is 4.54. The minimum Gasteiger partial charge on any atom is -0.370 e. The molecule has 4 nitrogen and oxygen atoms in total. The van der Waals surface area contributed by atoms with Gasteiger partial charge < -0.3 is 11.1 Å². The van der Waals surface area contributed by atoms with Gasteiger partial charge in [-0.2, -0.15) is 0 Å². The molecule has 0 saturated carbocycles. The number of hydrogen-bond acceptors (Lipinski definition) is 2. The van der Waals surface area contributed by atoms with Crippen molar-refractivity contribution in [2.24, 2.45) is 10.7 Å². The lowest BCUT2D eigenvalue weighted by Crippen LogP contribution is -2.23. The molecule has 0 aliphatic carbocycles. The first-order valence-corrected chi connectivity index (χ1v) is 6.68. The van der Waals surface area contributed by atoms with Crippen LogP contribution >= 0.6 is 0 Å². The molecular weight excluding hydrogens is 248 g/mol. The van der Waals surface area contributed by atoms with E-state index in [1.807, 2.05) is 36.5 Å². The molecule has 20 heavy (non-hydrogen) atoms. The Balaban J connectivity index is 1.88. The molecule has 4 heteroatoms. The SMILES string of the molecule is Cc1ccc(NC(N)=NCCc2ccncc2C)cc1. The Kier molecular flexibility index (Phi) is 4.71. The molecular formula is C16H20N4. The van der Waals surface area contributed by atoms with Crippen LogP contribution in [0.25, 0.3) is 0 Å². The van der Waals surface area contributed by atoms with Gasteiger partial charge in [-0.1, -0.05) is 17.7 Å². The first kappa shape index (κ1) is 14.1. The summed E-state index contributed by atoms with van der Waals surface area (Å²) in [6.45, 7) is 4.77. The normalized spacial score (nSPS) is 11.4. The Morgan fingerprint density at radius 1 is 1.20 bits per heavy atom. The second-order valence-corrected chi connectivity index (χ2v) is 4.81. The molecule has 0 atom stereocenters. The lowest BCUT2D eigenvalue weighted by Gasteiger charge is -2.06. The lowest BCUT2D eigenvalue weighted by molar-refractivity contribution is 0.948. The van der Waals surface area contributed by atoms with Crippen molar-refractivity contribution in [2.75, 3.05) is 11.9 Å². The number of benzene rings is 1. The largest absolute Gasteiger partial charge is 0.370 e. The van der Waals surface area contributed by atoms with E-state index >= 15 is 0 Å². The number of hydrogen-bond donors (Lipinski definition) is 2. The van der Waals surface area contributed by atoms with Gasteiger partial charge in [-0.25, -0.2) is 0 Å². The molecule has 0 unspecified atom stereocenters. The first-order valence-electron chi connectivity index (χ1n) is 6.68. The molecule has 3 N–H and O–H groups in total. The van der Waals surface area contributed by atoms with E-state index < -0.39 is 0 Å². The number of aliphatic imine (C=N–C) groups is 1. The van der Waals surface area contributed by atoms with E-state index in [2.05, 4.69) is 29.1 Å². The molecule has 2 aromatic rings. The van der Waals surface area contributed by atoms with E-state index in [9.17, 15) is 0 Å².